The van der Waals surface area contributed by atoms with Gasteiger partial charge in [-0.2, -0.15) is 0 Å². The fourth-order valence-electron chi connectivity index (χ4n) is 3.10. The number of rotatable bonds is 2. The lowest BCUT2D eigenvalue weighted by Crippen LogP contribution is -2.21. The molecule has 0 aliphatic carbocycles. The van der Waals surface area contributed by atoms with Crippen molar-refractivity contribution in [3.63, 3.8) is 0 Å². The molecule has 128 valence electrons. The maximum atomic E-state index is 4.52. The summed E-state index contributed by atoms with van der Waals surface area (Å²) in [6.07, 6.45) is 6.11. The van der Waals surface area contributed by atoms with Crippen molar-refractivity contribution in [2.45, 2.75) is 46.2 Å². The number of fused-ring (bicyclic) bond motifs is 1. The third-order valence-corrected chi connectivity index (χ3v) is 4.25. The van der Waals surface area contributed by atoms with Crippen molar-refractivity contribution in [3.8, 4) is 0 Å². The summed E-state index contributed by atoms with van der Waals surface area (Å²) in [5.74, 6) is 0.669. The molecule has 2 aliphatic rings. The average molecular weight is 325 g/mol. The molecule has 0 bridgehead atoms. The van der Waals surface area contributed by atoms with Crippen LogP contribution >= 0.6 is 0 Å². The number of aromatic nitrogens is 2. The highest BCUT2D eigenvalue weighted by Gasteiger charge is 2.12. The lowest BCUT2D eigenvalue weighted by Gasteiger charge is -2.08. The summed E-state index contributed by atoms with van der Waals surface area (Å²) in [6.45, 7) is 8.38. The van der Waals surface area contributed by atoms with Crippen LogP contribution in [0.2, 0.25) is 0 Å². The van der Waals surface area contributed by atoms with Gasteiger partial charge in [0.2, 0.25) is 5.95 Å². The van der Waals surface area contributed by atoms with Gasteiger partial charge in [-0.1, -0.05) is 12.5 Å². The van der Waals surface area contributed by atoms with Gasteiger partial charge in [0.15, 0.2) is 0 Å². The van der Waals surface area contributed by atoms with Gasteiger partial charge in [-0.05, 0) is 63.0 Å². The Balaban J connectivity index is 0.000000238. The second kappa shape index (κ2) is 8.22. The molecule has 0 radical (unpaired) electrons. The van der Waals surface area contributed by atoms with Gasteiger partial charge >= 0.3 is 0 Å². The summed E-state index contributed by atoms with van der Waals surface area (Å²) < 4.78 is 0. The molecule has 1 aromatic carbocycles. The van der Waals surface area contributed by atoms with Gasteiger partial charge in [0.1, 0.15) is 0 Å². The molecule has 5 heteroatoms. The van der Waals surface area contributed by atoms with E-state index in [0.29, 0.717) is 5.95 Å². The SMILES string of the molecule is C1CCNCC1.Cc1cc(C)cc(Nc2ncc3c(n2)CNC3)c1. The summed E-state index contributed by atoms with van der Waals surface area (Å²) in [5, 5.41) is 9.82. The van der Waals surface area contributed by atoms with Crippen LogP contribution in [0, 0.1) is 13.8 Å². The predicted molar refractivity (Wildman–Crippen MR) is 98.5 cm³/mol. The Morgan fingerprint density at radius 2 is 1.67 bits per heavy atom. The first-order valence-electron chi connectivity index (χ1n) is 8.82. The monoisotopic (exact) mass is 325 g/mol. The molecule has 2 aliphatic heterocycles. The van der Waals surface area contributed by atoms with Crippen molar-refractivity contribution in [1.29, 1.82) is 0 Å². The standard InChI is InChI=1S/C14H16N4.C5H11N/c1-9-3-10(2)5-12(4-9)17-14-16-7-11-6-15-8-13(11)18-14;1-2-4-6-5-3-1/h3-5,7,15H,6,8H2,1-2H3,(H,16,17,18);6H,1-5H2. The molecule has 4 rings (SSSR count). The van der Waals surface area contributed by atoms with E-state index in [4.69, 9.17) is 0 Å². The van der Waals surface area contributed by atoms with E-state index in [2.05, 4.69) is 58.0 Å². The van der Waals surface area contributed by atoms with E-state index in [1.54, 1.807) is 0 Å². The van der Waals surface area contributed by atoms with Crippen LogP contribution in [0.5, 0.6) is 0 Å². The van der Waals surface area contributed by atoms with Crippen LogP contribution in [0.25, 0.3) is 0 Å². The van der Waals surface area contributed by atoms with Crippen LogP contribution in [-0.2, 0) is 13.1 Å². The number of hydrogen-bond donors (Lipinski definition) is 3. The molecule has 0 amide bonds. The first-order chi connectivity index (χ1) is 11.7. The Morgan fingerprint density at radius 3 is 2.29 bits per heavy atom. The van der Waals surface area contributed by atoms with Crippen molar-refractivity contribution >= 4 is 11.6 Å². The fraction of sp³-hybridized carbons (Fsp3) is 0.474. The molecule has 3 heterocycles. The highest BCUT2D eigenvalue weighted by molar-refractivity contribution is 5.56. The average Bonchev–Trinajstić information content (AvgIpc) is 3.04. The smallest absolute Gasteiger partial charge is 0.227 e. The molecule has 3 N–H and O–H groups in total. The van der Waals surface area contributed by atoms with Crippen LogP contribution in [0.1, 0.15) is 41.6 Å². The number of nitrogens with one attached hydrogen (secondary N) is 3. The molecule has 1 fully saturated rings. The minimum Gasteiger partial charge on any atom is -0.324 e. The van der Waals surface area contributed by atoms with E-state index in [-0.39, 0.29) is 0 Å². The Bertz CT molecular complexity index is 648. The fourth-order valence-corrected chi connectivity index (χ4v) is 3.10. The quantitative estimate of drug-likeness (QED) is 0.791. The van der Waals surface area contributed by atoms with Gasteiger partial charge in [-0.3, -0.25) is 0 Å². The van der Waals surface area contributed by atoms with E-state index in [9.17, 15) is 0 Å². The number of nitrogens with zero attached hydrogens (tertiary/aromatic N) is 2. The maximum Gasteiger partial charge on any atom is 0.227 e. The van der Waals surface area contributed by atoms with E-state index in [1.165, 1.54) is 49.0 Å². The van der Waals surface area contributed by atoms with Crippen LogP contribution in [0.4, 0.5) is 11.6 Å². The zero-order valence-corrected chi connectivity index (χ0v) is 14.7. The predicted octanol–water partition coefficient (Wildman–Crippen LogP) is 3.20. The molecule has 0 unspecified atom stereocenters. The first-order valence-corrected chi connectivity index (χ1v) is 8.82. The highest BCUT2D eigenvalue weighted by atomic mass is 15.1. The van der Waals surface area contributed by atoms with Crippen molar-refractivity contribution in [2.24, 2.45) is 0 Å². The molecular formula is C19H27N5. The summed E-state index contributed by atoms with van der Waals surface area (Å²) in [7, 11) is 0. The summed E-state index contributed by atoms with van der Waals surface area (Å²) >= 11 is 0. The molecule has 0 spiro atoms. The minimum atomic E-state index is 0.669. The summed E-state index contributed by atoms with van der Waals surface area (Å²) in [5.41, 5.74) is 5.80. The molecular weight excluding hydrogens is 298 g/mol. The van der Waals surface area contributed by atoms with Gasteiger partial charge in [-0.15, -0.1) is 0 Å². The van der Waals surface area contributed by atoms with Crippen molar-refractivity contribution < 1.29 is 0 Å². The van der Waals surface area contributed by atoms with Gasteiger partial charge in [0.25, 0.3) is 0 Å². The summed E-state index contributed by atoms with van der Waals surface area (Å²) in [4.78, 5) is 8.87. The normalized spacial score (nSPS) is 16.1. The molecule has 2 aromatic rings. The van der Waals surface area contributed by atoms with Crippen LogP contribution in [0.15, 0.2) is 24.4 Å². The largest absolute Gasteiger partial charge is 0.324 e. The Kier molecular flexibility index (Phi) is 5.77. The Labute approximate surface area is 144 Å². The minimum absolute atomic E-state index is 0.669. The zero-order valence-electron chi connectivity index (χ0n) is 14.7. The topological polar surface area (TPSA) is 61.9 Å². The van der Waals surface area contributed by atoms with Crippen molar-refractivity contribution in [2.75, 3.05) is 18.4 Å². The maximum absolute atomic E-state index is 4.52. The molecule has 24 heavy (non-hydrogen) atoms. The zero-order chi connectivity index (χ0) is 16.8. The van der Waals surface area contributed by atoms with Gasteiger partial charge in [-0.25, -0.2) is 9.97 Å². The van der Waals surface area contributed by atoms with E-state index >= 15 is 0 Å². The van der Waals surface area contributed by atoms with E-state index in [0.717, 1.165) is 24.5 Å². The van der Waals surface area contributed by atoms with Gasteiger partial charge in [0.05, 0.1) is 5.69 Å². The second-order valence-electron chi connectivity index (χ2n) is 6.58. The number of anilines is 2. The van der Waals surface area contributed by atoms with Gasteiger partial charge in [0, 0.05) is 30.5 Å². The number of benzene rings is 1. The third kappa shape index (κ3) is 4.76. The number of piperidine rings is 1. The second-order valence-corrected chi connectivity index (χ2v) is 6.58. The number of hydrogen-bond acceptors (Lipinski definition) is 5. The Hall–Kier alpha value is -1.98. The van der Waals surface area contributed by atoms with Crippen molar-refractivity contribution in [1.82, 2.24) is 20.6 Å². The highest BCUT2D eigenvalue weighted by Crippen LogP contribution is 2.19. The van der Waals surface area contributed by atoms with Gasteiger partial charge < -0.3 is 16.0 Å². The third-order valence-electron chi connectivity index (χ3n) is 4.25. The lowest BCUT2D eigenvalue weighted by molar-refractivity contribution is 0.520. The van der Waals surface area contributed by atoms with E-state index < -0.39 is 0 Å². The van der Waals surface area contributed by atoms with Crippen molar-refractivity contribution in [3.05, 3.63) is 46.8 Å². The lowest BCUT2D eigenvalue weighted by atomic mass is 10.1. The molecule has 1 saturated heterocycles. The molecule has 5 nitrogen and oxygen atoms in total. The van der Waals surface area contributed by atoms with Crippen LogP contribution in [0.3, 0.4) is 0 Å². The summed E-state index contributed by atoms with van der Waals surface area (Å²) in [6, 6.07) is 6.35. The van der Waals surface area contributed by atoms with Crippen LogP contribution < -0.4 is 16.0 Å². The number of aryl methyl sites for hydroxylation is 2. The molecule has 0 saturated carbocycles. The Morgan fingerprint density at radius 1 is 0.917 bits per heavy atom. The first kappa shape index (κ1) is 16.9. The van der Waals surface area contributed by atoms with E-state index in [1.807, 2.05) is 6.20 Å². The molecule has 0 atom stereocenters. The molecule has 1 aromatic heterocycles. The van der Waals surface area contributed by atoms with Crippen LogP contribution in [-0.4, -0.2) is 23.1 Å².